The second-order valence-corrected chi connectivity index (χ2v) is 6.22. The molecule has 0 aromatic carbocycles. The summed E-state index contributed by atoms with van der Waals surface area (Å²) in [5.74, 6) is 0. The molecule has 0 aliphatic carbocycles. The quantitative estimate of drug-likeness (QED) is 0.739. The Morgan fingerprint density at radius 1 is 1.37 bits per heavy atom. The molecule has 0 radical (unpaired) electrons. The van der Waals surface area contributed by atoms with E-state index in [-0.39, 0.29) is 11.4 Å². The van der Waals surface area contributed by atoms with E-state index in [4.69, 9.17) is 0 Å². The topological polar surface area (TPSA) is 54.0 Å². The fourth-order valence-electron chi connectivity index (χ4n) is 1.54. The van der Waals surface area contributed by atoms with E-state index in [1.54, 1.807) is 0 Å². The lowest BCUT2D eigenvalue weighted by molar-refractivity contribution is 0.252. The maximum absolute atomic E-state index is 11.6. The molecule has 108 valence electrons. The van der Waals surface area contributed by atoms with Crippen LogP contribution in [0.25, 0.3) is 0 Å². The minimum atomic E-state index is -0.161. The lowest BCUT2D eigenvalue weighted by Crippen LogP contribution is -2.29. The number of carbonyl (C=O) groups excluding carboxylic acids is 1. The Morgan fingerprint density at radius 2 is 2.11 bits per heavy atom. The first kappa shape index (κ1) is 16.0. The molecule has 1 rings (SSSR count). The summed E-state index contributed by atoms with van der Waals surface area (Å²) < 4.78 is 0. The summed E-state index contributed by atoms with van der Waals surface area (Å²) in [7, 11) is 0. The first-order chi connectivity index (χ1) is 8.99. The molecule has 0 aliphatic rings. The lowest BCUT2D eigenvalue weighted by atomic mass is 9.87. The first-order valence-electron chi connectivity index (χ1n) is 7.00. The molecular weight excluding hydrogens is 258 g/mol. The van der Waals surface area contributed by atoms with Gasteiger partial charge < -0.3 is 5.32 Å². The molecule has 2 amide bonds. The Balaban J connectivity index is 2.43. The molecule has 2 N–H and O–H groups in total. The van der Waals surface area contributed by atoms with E-state index in [0.29, 0.717) is 5.13 Å². The fourth-order valence-corrected chi connectivity index (χ4v) is 2.44. The normalized spacial score (nSPS) is 11.4. The summed E-state index contributed by atoms with van der Waals surface area (Å²) in [6.07, 6.45) is 4.35. The zero-order chi connectivity index (χ0) is 14.3. The highest BCUT2D eigenvalue weighted by Gasteiger charge is 2.21. The molecule has 1 aromatic heterocycles. The van der Waals surface area contributed by atoms with Gasteiger partial charge in [-0.3, -0.25) is 5.32 Å². The van der Waals surface area contributed by atoms with E-state index in [1.807, 2.05) is 5.38 Å². The maximum atomic E-state index is 11.6. The van der Waals surface area contributed by atoms with Crippen LogP contribution in [-0.4, -0.2) is 17.6 Å². The Labute approximate surface area is 120 Å². The summed E-state index contributed by atoms with van der Waals surface area (Å²) in [4.78, 5) is 16.1. The minimum absolute atomic E-state index is 0.0635. The van der Waals surface area contributed by atoms with Crippen LogP contribution in [0.2, 0.25) is 0 Å². The minimum Gasteiger partial charge on any atom is -0.338 e. The molecule has 0 unspecified atom stereocenters. The first-order valence-corrected chi connectivity index (χ1v) is 7.88. The Kier molecular flexibility index (Phi) is 6.28. The average Bonchev–Trinajstić information content (AvgIpc) is 2.84. The summed E-state index contributed by atoms with van der Waals surface area (Å²) in [6.45, 7) is 9.34. The molecule has 0 saturated carbocycles. The van der Waals surface area contributed by atoms with Crippen molar-refractivity contribution in [2.45, 2.75) is 58.8 Å². The molecule has 1 aromatic rings. The molecule has 0 bridgehead atoms. The zero-order valence-corrected chi connectivity index (χ0v) is 13.2. The number of aromatic nitrogens is 1. The predicted octanol–water partition coefficient (Wildman–Crippen LogP) is 4.14. The summed E-state index contributed by atoms with van der Waals surface area (Å²) in [6, 6.07) is -0.161. The molecule has 0 fully saturated rings. The second kappa shape index (κ2) is 7.48. The molecular formula is C14H25N3OS. The van der Waals surface area contributed by atoms with Gasteiger partial charge in [-0.1, -0.05) is 40.5 Å². The van der Waals surface area contributed by atoms with Crippen molar-refractivity contribution in [3.8, 4) is 0 Å². The Morgan fingerprint density at radius 3 is 2.74 bits per heavy atom. The Hall–Kier alpha value is -1.10. The third kappa shape index (κ3) is 5.19. The van der Waals surface area contributed by atoms with Crippen LogP contribution >= 0.6 is 11.3 Å². The number of carbonyl (C=O) groups is 1. The van der Waals surface area contributed by atoms with Crippen LogP contribution in [0.5, 0.6) is 0 Å². The zero-order valence-electron chi connectivity index (χ0n) is 12.4. The average molecular weight is 283 g/mol. The van der Waals surface area contributed by atoms with Crippen LogP contribution in [0.4, 0.5) is 9.93 Å². The van der Waals surface area contributed by atoms with Crippen LogP contribution in [0.1, 0.15) is 59.1 Å². The third-order valence-electron chi connectivity index (χ3n) is 3.37. The largest absolute Gasteiger partial charge is 0.338 e. The van der Waals surface area contributed by atoms with Crippen molar-refractivity contribution in [2.24, 2.45) is 0 Å². The van der Waals surface area contributed by atoms with Gasteiger partial charge in [0.15, 0.2) is 5.13 Å². The van der Waals surface area contributed by atoms with Crippen molar-refractivity contribution in [3.63, 3.8) is 0 Å². The van der Waals surface area contributed by atoms with Crippen LogP contribution in [0, 0.1) is 0 Å². The standard InChI is InChI=1S/C14H25N3OS/c1-5-7-8-9-15-12(18)17-13-16-11(10-19-13)14(3,4)6-2/h10H,5-9H2,1-4H3,(H2,15,16,17,18). The van der Waals surface area contributed by atoms with E-state index >= 15 is 0 Å². The van der Waals surface area contributed by atoms with Gasteiger partial charge in [0.1, 0.15) is 0 Å². The van der Waals surface area contributed by atoms with E-state index in [2.05, 4.69) is 43.3 Å². The van der Waals surface area contributed by atoms with Crippen molar-refractivity contribution >= 4 is 22.5 Å². The molecule has 4 nitrogen and oxygen atoms in total. The van der Waals surface area contributed by atoms with E-state index < -0.39 is 0 Å². The second-order valence-electron chi connectivity index (χ2n) is 5.36. The van der Waals surface area contributed by atoms with Crippen molar-refractivity contribution in [1.82, 2.24) is 10.3 Å². The summed E-state index contributed by atoms with van der Waals surface area (Å²) in [5, 5.41) is 8.33. The van der Waals surface area contributed by atoms with Gasteiger partial charge in [-0.25, -0.2) is 9.78 Å². The van der Waals surface area contributed by atoms with Gasteiger partial charge in [0.25, 0.3) is 0 Å². The van der Waals surface area contributed by atoms with Gasteiger partial charge >= 0.3 is 6.03 Å². The van der Waals surface area contributed by atoms with Crippen molar-refractivity contribution < 1.29 is 4.79 Å². The summed E-state index contributed by atoms with van der Waals surface area (Å²) >= 11 is 1.48. The van der Waals surface area contributed by atoms with E-state index in [9.17, 15) is 4.79 Å². The van der Waals surface area contributed by atoms with Crippen LogP contribution in [0.3, 0.4) is 0 Å². The monoisotopic (exact) mass is 283 g/mol. The highest BCUT2D eigenvalue weighted by atomic mass is 32.1. The molecule has 1 heterocycles. The highest BCUT2D eigenvalue weighted by molar-refractivity contribution is 7.13. The lowest BCUT2D eigenvalue weighted by Gasteiger charge is -2.19. The number of hydrogen-bond acceptors (Lipinski definition) is 3. The van der Waals surface area contributed by atoms with Crippen LogP contribution in [0.15, 0.2) is 5.38 Å². The van der Waals surface area contributed by atoms with Gasteiger partial charge in [-0.15, -0.1) is 11.3 Å². The van der Waals surface area contributed by atoms with Crippen molar-refractivity contribution in [1.29, 1.82) is 0 Å². The van der Waals surface area contributed by atoms with Gasteiger partial charge in [-0.05, 0) is 12.8 Å². The molecule has 0 saturated heterocycles. The highest BCUT2D eigenvalue weighted by Crippen LogP contribution is 2.29. The van der Waals surface area contributed by atoms with Crippen molar-refractivity contribution in [2.75, 3.05) is 11.9 Å². The molecule has 0 aliphatic heterocycles. The number of urea groups is 1. The van der Waals surface area contributed by atoms with Gasteiger partial charge in [0, 0.05) is 17.3 Å². The number of amides is 2. The molecule has 0 atom stereocenters. The smallest absolute Gasteiger partial charge is 0.321 e. The molecule has 0 spiro atoms. The SMILES string of the molecule is CCCCCNC(=O)Nc1nc(C(C)(C)CC)cs1. The van der Waals surface area contributed by atoms with Gasteiger partial charge in [0.05, 0.1) is 5.69 Å². The van der Waals surface area contributed by atoms with E-state index in [0.717, 1.165) is 37.9 Å². The summed E-state index contributed by atoms with van der Waals surface area (Å²) in [5.41, 5.74) is 1.11. The molecule has 5 heteroatoms. The fraction of sp³-hybridized carbons (Fsp3) is 0.714. The van der Waals surface area contributed by atoms with Crippen molar-refractivity contribution in [3.05, 3.63) is 11.1 Å². The number of nitrogens with one attached hydrogen (secondary N) is 2. The van der Waals surface area contributed by atoms with Gasteiger partial charge in [0.2, 0.25) is 0 Å². The number of rotatable bonds is 7. The van der Waals surface area contributed by atoms with Gasteiger partial charge in [-0.2, -0.15) is 0 Å². The number of anilines is 1. The molecule has 19 heavy (non-hydrogen) atoms. The Bertz CT molecular complexity index is 401. The van der Waals surface area contributed by atoms with Crippen LogP contribution in [-0.2, 0) is 5.41 Å². The third-order valence-corrected chi connectivity index (χ3v) is 4.13. The van der Waals surface area contributed by atoms with E-state index in [1.165, 1.54) is 11.3 Å². The number of hydrogen-bond donors (Lipinski definition) is 2. The predicted molar refractivity (Wildman–Crippen MR) is 82.0 cm³/mol. The van der Waals surface area contributed by atoms with Crippen LogP contribution < -0.4 is 10.6 Å². The number of unbranched alkanes of at least 4 members (excludes halogenated alkanes) is 2. The maximum Gasteiger partial charge on any atom is 0.321 e. The number of nitrogens with zero attached hydrogens (tertiary/aromatic N) is 1. The number of thiazole rings is 1.